The molecule has 1 aliphatic rings. The van der Waals surface area contributed by atoms with Crippen LogP contribution in [0.3, 0.4) is 0 Å². The molecule has 1 N–H and O–H groups in total. The van der Waals surface area contributed by atoms with Gasteiger partial charge in [0.2, 0.25) is 11.8 Å². The number of hydrogen-bond donors (Lipinski definition) is 1. The summed E-state index contributed by atoms with van der Waals surface area (Å²) >= 11 is 0. The van der Waals surface area contributed by atoms with Crippen LogP contribution < -0.4 is 10.2 Å². The Hall–Kier alpha value is -2.62. The lowest BCUT2D eigenvalue weighted by atomic mass is 10.1. The van der Waals surface area contributed by atoms with E-state index in [-0.39, 0.29) is 11.8 Å². The van der Waals surface area contributed by atoms with Gasteiger partial charge >= 0.3 is 0 Å². The fraction of sp³-hybridized carbons (Fsp3) is 0.333. The maximum atomic E-state index is 12.1. The number of anilines is 2. The molecular formula is C21H24N2O2. The van der Waals surface area contributed by atoms with Crippen LogP contribution in [-0.4, -0.2) is 18.4 Å². The lowest BCUT2D eigenvalue weighted by molar-refractivity contribution is -0.117. The van der Waals surface area contributed by atoms with E-state index < -0.39 is 0 Å². The van der Waals surface area contributed by atoms with E-state index >= 15 is 0 Å². The van der Waals surface area contributed by atoms with Gasteiger partial charge in [-0.1, -0.05) is 31.2 Å². The molecular weight excluding hydrogens is 312 g/mol. The normalized spacial score (nSPS) is 14.0. The molecule has 1 heterocycles. The molecule has 0 spiro atoms. The highest BCUT2D eigenvalue weighted by atomic mass is 16.2. The predicted octanol–water partition coefficient (Wildman–Crippen LogP) is 3.95. The Morgan fingerprint density at radius 1 is 1.04 bits per heavy atom. The van der Waals surface area contributed by atoms with Crippen LogP contribution in [0, 0.1) is 0 Å². The summed E-state index contributed by atoms with van der Waals surface area (Å²) in [5.41, 5.74) is 4.15. The smallest absolute Gasteiger partial charge is 0.227 e. The van der Waals surface area contributed by atoms with E-state index in [2.05, 4.69) is 36.5 Å². The van der Waals surface area contributed by atoms with E-state index in [0.29, 0.717) is 12.8 Å². The number of rotatable bonds is 6. The molecule has 2 aromatic carbocycles. The van der Waals surface area contributed by atoms with E-state index in [4.69, 9.17) is 0 Å². The SMILES string of the molecule is CCc1ccc(CCC(=O)Nc2ccc(N3CCCC3=O)cc2)cc1. The molecule has 4 nitrogen and oxygen atoms in total. The van der Waals surface area contributed by atoms with Gasteiger partial charge in [0, 0.05) is 30.8 Å². The molecule has 2 amide bonds. The highest BCUT2D eigenvalue weighted by molar-refractivity contribution is 5.96. The summed E-state index contributed by atoms with van der Waals surface area (Å²) in [6.07, 6.45) is 3.75. The highest BCUT2D eigenvalue weighted by Crippen LogP contribution is 2.23. The summed E-state index contributed by atoms with van der Waals surface area (Å²) in [7, 11) is 0. The first-order chi connectivity index (χ1) is 12.2. The van der Waals surface area contributed by atoms with E-state index in [1.807, 2.05) is 24.3 Å². The molecule has 0 aromatic heterocycles. The second kappa shape index (κ2) is 7.97. The first-order valence-corrected chi connectivity index (χ1v) is 8.94. The third kappa shape index (κ3) is 4.47. The topological polar surface area (TPSA) is 49.4 Å². The number of benzene rings is 2. The van der Waals surface area contributed by atoms with Crippen molar-refractivity contribution in [3.05, 3.63) is 59.7 Å². The molecule has 1 aliphatic heterocycles. The van der Waals surface area contributed by atoms with Crippen molar-refractivity contribution in [3.63, 3.8) is 0 Å². The first kappa shape index (κ1) is 17.2. The molecule has 3 rings (SSSR count). The summed E-state index contributed by atoms with van der Waals surface area (Å²) in [6, 6.07) is 15.9. The van der Waals surface area contributed by atoms with Crippen molar-refractivity contribution in [1.29, 1.82) is 0 Å². The largest absolute Gasteiger partial charge is 0.326 e. The van der Waals surface area contributed by atoms with Crippen molar-refractivity contribution in [2.75, 3.05) is 16.8 Å². The monoisotopic (exact) mass is 336 g/mol. The average Bonchev–Trinajstić information content (AvgIpc) is 3.07. The molecule has 1 saturated heterocycles. The Morgan fingerprint density at radius 2 is 1.72 bits per heavy atom. The van der Waals surface area contributed by atoms with Gasteiger partial charge in [0.05, 0.1) is 0 Å². The average molecular weight is 336 g/mol. The Morgan fingerprint density at radius 3 is 2.32 bits per heavy atom. The second-order valence-electron chi connectivity index (χ2n) is 6.41. The molecule has 0 radical (unpaired) electrons. The summed E-state index contributed by atoms with van der Waals surface area (Å²) in [5, 5.41) is 2.92. The van der Waals surface area contributed by atoms with Crippen LogP contribution in [0.15, 0.2) is 48.5 Å². The standard InChI is InChI=1S/C21H24N2O2/c1-2-16-5-7-17(8-6-16)9-14-20(24)22-18-10-12-19(13-11-18)23-15-3-4-21(23)25/h5-8,10-13H,2-4,9,14-15H2,1H3,(H,22,24). The highest BCUT2D eigenvalue weighted by Gasteiger charge is 2.21. The Balaban J connectivity index is 1.51. The maximum Gasteiger partial charge on any atom is 0.227 e. The quantitative estimate of drug-likeness (QED) is 0.868. The lowest BCUT2D eigenvalue weighted by Crippen LogP contribution is -2.23. The second-order valence-corrected chi connectivity index (χ2v) is 6.41. The van der Waals surface area contributed by atoms with Gasteiger partial charge in [0.15, 0.2) is 0 Å². The molecule has 1 fully saturated rings. The molecule has 0 unspecified atom stereocenters. The van der Waals surface area contributed by atoms with Crippen LogP contribution in [0.4, 0.5) is 11.4 Å². The van der Waals surface area contributed by atoms with Crippen molar-refractivity contribution >= 4 is 23.2 Å². The number of carbonyl (C=O) groups excluding carboxylic acids is 2. The molecule has 25 heavy (non-hydrogen) atoms. The van der Waals surface area contributed by atoms with Crippen molar-refractivity contribution < 1.29 is 9.59 Å². The summed E-state index contributed by atoms with van der Waals surface area (Å²) in [6.45, 7) is 2.91. The van der Waals surface area contributed by atoms with E-state index in [1.54, 1.807) is 4.90 Å². The number of hydrogen-bond acceptors (Lipinski definition) is 2. The number of carbonyl (C=O) groups is 2. The molecule has 0 aliphatic carbocycles. The van der Waals surface area contributed by atoms with Gasteiger partial charge in [-0.05, 0) is 54.7 Å². The molecule has 0 atom stereocenters. The van der Waals surface area contributed by atoms with Crippen LogP contribution in [0.2, 0.25) is 0 Å². The van der Waals surface area contributed by atoms with E-state index in [9.17, 15) is 9.59 Å². The fourth-order valence-corrected chi connectivity index (χ4v) is 3.07. The molecule has 0 saturated carbocycles. The minimum absolute atomic E-state index is 0.00423. The number of aryl methyl sites for hydroxylation is 2. The van der Waals surface area contributed by atoms with Crippen molar-refractivity contribution in [3.8, 4) is 0 Å². The van der Waals surface area contributed by atoms with Gasteiger partial charge in [0.1, 0.15) is 0 Å². The van der Waals surface area contributed by atoms with Gasteiger partial charge in [-0.3, -0.25) is 9.59 Å². The van der Waals surface area contributed by atoms with Crippen LogP contribution in [0.25, 0.3) is 0 Å². The third-order valence-corrected chi connectivity index (χ3v) is 4.61. The number of nitrogens with one attached hydrogen (secondary N) is 1. The molecule has 0 bridgehead atoms. The van der Waals surface area contributed by atoms with Crippen LogP contribution >= 0.6 is 0 Å². The summed E-state index contributed by atoms with van der Waals surface area (Å²) in [5.74, 6) is 0.176. The van der Waals surface area contributed by atoms with Crippen LogP contribution in [0.5, 0.6) is 0 Å². The zero-order valence-electron chi connectivity index (χ0n) is 14.6. The fourth-order valence-electron chi connectivity index (χ4n) is 3.07. The lowest BCUT2D eigenvalue weighted by Gasteiger charge is -2.16. The number of amides is 2. The van der Waals surface area contributed by atoms with Crippen molar-refractivity contribution in [2.45, 2.75) is 39.0 Å². The Kier molecular flexibility index (Phi) is 5.49. The van der Waals surface area contributed by atoms with Gasteiger partial charge in [-0.2, -0.15) is 0 Å². The first-order valence-electron chi connectivity index (χ1n) is 8.94. The van der Waals surface area contributed by atoms with Crippen molar-refractivity contribution in [2.24, 2.45) is 0 Å². The molecule has 4 heteroatoms. The maximum absolute atomic E-state index is 12.1. The van der Waals surface area contributed by atoms with Gasteiger partial charge < -0.3 is 10.2 Å². The minimum atomic E-state index is 0.00423. The zero-order valence-corrected chi connectivity index (χ0v) is 14.6. The van der Waals surface area contributed by atoms with Crippen LogP contribution in [0.1, 0.15) is 37.3 Å². The van der Waals surface area contributed by atoms with Gasteiger partial charge in [-0.15, -0.1) is 0 Å². The minimum Gasteiger partial charge on any atom is -0.326 e. The molecule has 2 aromatic rings. The summed E-state index contributed by atoms with van der Waals surface area (Å²) < 4.78 is 0. The van der Waals surface area contributed by atoms with Crippen molar-refractivity contribution in [1.82, 2.24) is 0 Å². The Labute approximate surface area is 148 Å². The predicted molar refractivity (Wildman–Crippen MR) is 101 cm³/mol. The van der Waals surface area contributed by atoms with E-state index in [0.717, 1.165) is 37.2 Å². The zero-order chi connectivity index (χ0) is 17.6. The number of nitrogens with zero attached hydrogens (tertiary/aromatic N) is 1. The van der Waals surface area contributed by atoms with E-state index in [1.165, 1.54) is 11.1 Å². The third-order valence-electron chi connectivity index (χ3n) is 4.61. The summed E-state index contributed by atoms with van der Waals surface area (Å²) in [4.78, 5) is 25.7. The van der Waals surface area contributed by atoms with Gasteiger partial charge in [-0.25, -0.2) is 0 Å². The van der Waals surface area contributed by atoms with Crippen LogP contribution in [-0.2, 0) is 22.4 Å². The Bertz CT molecular complexity index is 735. The molecule has 130 valence electrons. The van der Waals surface area contributed by atoms with Gasteiger partial charge in [0.25, 0.3) is 0 Å².